The van der Waals surface area contributed by atoms with Crippen molar-refractivity contribution in [2.45, 2.75) is 47.1 Å². The van der Waals surface area contributed by atoms with Crippen LogP contribution in [0.15, 0.2) is 42.7 Å². The van der Waals surface area contributed by atoms with Crippen molar-refractivity contribution in [1.82, 2.24) is 9.97 Å². The molecule has 0 unspecified atom stereocenters. The van der Waals surface area contributed by atoms with E-state index in [1.807, 2.05) is 24.5 Å². The largest absolute Gasteiger partial charge is 0.366 e. The number of nitrogens with zero attached hydrogens (tertiary/aromatic N) is 3. The van der Waals surface area contributed by atoms with E-state index in [-0.39, 0.29) is 11.0 Å². The third-order valence-electron chi connectivity index (χ3n) is 4.17. The van der Waals surface area contributed by atoms with Crippen LogP contribution in [0, 0.1) is 5.41 Å². The van der Waals surface area contributed by atoms with E-state index in [4.69, 9.17) is 0 Å². The lowest BCUT2D eigenvalue weighted by Crippen LogP contribution is -2.46. The van der Waals surface area contributed by atoms with Crippen molar-refractivity contribution < 1.29 is 0 Å². The number of hydrogen-bond acceptors (Lipinski definition) is 3. The summed E-state index contributed by atoms with van der Waals surface area (Å²) < 4.78 is 0. The molecule has 0 aliphatic heterocycles. The molecule has 0 amide bonds. The molecular formula is C21H27N3. The molecule has 0 aliphatic rings. The highest BCUT2D eigenvalue weighted by molar-refractivity contribution is 6.09. The SMILES string of the molecule is CC(C)(C)CN(c1cc2cccnc2c2ncccc12)C(C)(C)C. The Morgan fingerprint density at radius 1 is 0.875 bits per heavy atom. The van der Waals surface area contributed by atoms with E-state index in [0.29, 0.717) is 0 Å². The van der Waals surface area contributed by atoms with Gasteiger partial charge in [-0.1, -0.05) is 26.8 Å². The molecule has 24 heavy (non-hydrogen) atoms. The molecule has 3 nitrogen and oxygen atoms in total. The fraction of sp³-hybridized carbons (Fsp3) is 0.429. The van der Waals surface area contributed by atoms with Crippen LogP contribution in [0.25, 0.3) is 21.8 Å². The normalized spacial score (nSPS) is 12.8. The van der Waals surface area contributed by atoms with Crippen molar-refractivity contribution in [1.29, 1.82) is 0 Å². The summed E-state index contributed by atoms with van der Waals surface area (Å²) in [5.74, 6) is 0. The molecule has 0 spiro atoms. The number of fused-ring (bicyclic) bond motifs is 3. The van der Waals surface area contributed by atoms with Crippen molar-refractivity contribution in [2.75, 3.05) is 11.4 Å². The average Bonchev–Trinajstić information content (AvgIpc) is 2.50. The summed E-state index contributed by atoms with van der Waals surface area (Å²) in [5, 5.41) is 2.31. The monoisotopic (exact) mass is 321 g/mol. The van der Waals surface area contributed by atoms with Gasteiger partial charge in [0.05, 0.1) is 11.0 Å². The summed E-state index contributed by atoms with van der Waals surface area (Å²) in [6.07, 6.45) is 3.69. The molecule has 0 saturated heterocycles. The maximum absolute atomic E-state index is 4.64. The minimum Gasteiger partial charge on any atom is -0.366 e. The maximum Gasteiger partial charge on any atom is 0.0985 e. The van der Waals surface area contributed by atoms with E-state index in [1.165, 1.54) is 11.1 Å². The Kier molecular flexibility index (Phi) is 3.98. The van der Waals surface area contributed by atoms with Crippen LogP contribution in [0.3, 0.4) is 0 Å². The molecule has 0 bridgehead atoms. The molecule has 3 aromatic rings. The van der Waals surface area contributed by atoms with Crippen LogP contribution in [0.5, 0.6) is 0 Å². The molecular weight excluding hydrogens is 294 g/mol. The van der Waals surface area contributed by atoms with Gasteiger partial charge in [0.2, 0.25) is 0 Å². The van der Waals surface area contributed by atoms with E-state index < -0.39 is 0 Å². The van der Waals surface area contributed by atoms with E-state index in [2.05, 4.69) is 74.6 Å². The van der Waals surface area contributed by atoms with Gasteiger partial charge in [0.1, 0.15) is 0 Å². The van der Waals surface area contributed by atoms with Gasteiger partial charge in [-0.2, -0.15) is 0 Å². The molecule has 0 aliphatic carbocycles. The zero-order valence-corrected chi connectivity index (χ0v) is 15.6. The fourth-order valence-corrected chi connectivity index (χ4v) is 3.14. The standard InChI is InChI=1S/C21H27N3/c1-20(2,3)14-24(21(4,5)6)17-13-15-9-7-11-22-18(15)19-16(17)10-8-12-23-19/h7-13H,14H2,1-6H3. The third kappa shape index (κ3) is 3.21. The number of rotatable bonds is 2. The molecule has 3 heteroatoms. The fourth-order valence-electron chi connectivity index (χ4n) is 3.14. The van der Waals surface area contributed by atoms with Crippen LogP contribution in [-0.4, -0.2) is 22.1 Å². The minimum atomic E-state index is 0.0198. The maximum atomic E-state index is 4.64. The zero-order chi connectivity index (χ0) is 17.5. The van der Waals surface area contributed by atoms with Crippen LogP contribution in [0.1, 0.15) is 41.5 Å². The second-order valence-electron chi connectivity index (χ2n) is 8.69. The van der Waals surface area contributed by atoms with E-state index >= 15 is 0 Å². The molecule has 0 atom stereocenters. The Bertz CT molecular complexity index is 870. The quantitative estimate of drug-likeness (QED) is 0.589. The van der Waals surface area contributed by atoms with Crippen molar-refractivity contribution >= 4 is 27.5 Å². The van der Waals surface area contributed by atoms with Gasteiger partial charge in [-0.15, -0.1) is 0 Å². The Labute approximate surface area is 144 Å². The van der Waals surface area contributed by atoms with E-state index in [1.54, 1.807) is 0 Å². The molecule has 1 aromatic carbocycles. The van der Waals surface area contributed by atoms with Crippen molar-refractivity contribution in [3.8, 4) is 0 Å². The van der Waals surface area contributed by atoms with Gasteiger partial charge < -0.3 is 4.90 Å². The summed E-state index contributed by atoms with van der Waals surface area (Å²) in [4.78, 5) is 11.7. The molecule has 126 valence electrons. The van der Waals surface area contributed by atoms with Crippen LogP contribution >= 0.6 is 0 Å². The Hall–Kier alpha value is -2.16. The highest BCUT2D eigenvalue weighted by atomic mass is 15.2. The Morgan fingerprint density at radius 3 is 2.12 bits per heavy atom. The number of benzene rings is 1. The van der Waals surface area contributed by atoms with Gasteiger partial charge in [-0.25, -0.2) is 0 Å². The second kappa shape index (κ2) is 5.73. The molecule has 2 aromatic heterocycles. The summed E-state index contributed by atoms with van der Waals surface area (Å²) in [6.45, 7) is 14.7. The predicted molar refractivity (Wildman–Crippen MR) is 104 cm³/mol. The molecule has 0 saturated carbocycles. The van der Waals surface area contributed by atoms with E-state index in [9.17, 15) is 0 Å². The first-order chi connectivity index (χ1) is 11.2. The first kappa shape index (κ1) is 16.7. The van der Waals surface area contributed by atoms with Crippen molar-refractivity contribution in [2.24, 2.45) is 5.41 Å². The first-order valence-corrected chi connectivity index (χ1v) is 8.57. The van der Waals surface area contributed by atoms with Crippen molar-refractivity contribution in [3.05, 3.63) is 42.7 Å². The summed E-state index contributed by atoms with van der Waals surface area (Å²) in [6, 6.07) is 10.6. The van der Waals surface area contributed by atoms with Crippen LogP contribution in [-0.2, 0) is 0 Å². The minimum absolute atomic E-state index is 0.0198. The lowest BCUT2D eigenvalue weighted by molar-refractivity contribution is 0.364. The molecule has 3 rings (SSSR count). The van der Waals surface area contributed by atoms with Gasteiger partial charge in [0, 0.05) is 40.9 Å². The summed E-state index contributed by atoms with van der Waals surface area (Å²) >= 11 is 0. The summed E-state index contributed by atoms with van der Waals surface area (Å²) in [7, 11) is 0. The van der Waals surface area contributed by atoms with Crippen LogP contribution in [0.4, 0.5) is 5.69 Å². The first-order valence-electron chi connectivity index (χ1n) is 8.57. The third-order valence-corrected chi connectivity index (χ3v) is 4.17. The molecule has 2 heterocycles. The van der Waals surface area contributed by atoms with Gasteiger partial charge in [0.25, 0.3) is 0 Å². The number of aromatic nitrogens is 2. The van der Waals surface area contributed by atoms with Gasteiger partial charge in [-0.05, 0) is 50.5 Å². The van der Waals surface area contributed by atoms with Crippen molar-refractivity contribution in [3.63, 3.8) is 0 Å². The van der Waals surface area contributed by atoms with Crippen LogP contribution < -0.4 is 4.90 Å². The topological polar surface area (TPSA) is 29.0 Å². The molecule has 0 radical (unpaired) electrons. The summed E-state index contributed by atoms with van der Waals surface area (Å²) in [5.41, 5.74) is 3.41. The van der Waals surface area contributed by atoms with E-state index in [0.717, 1.165) is 23.0 Å². The predicted octanol–water partition coefficient (Wildman–Crippen LogP) is 5.43. The molecule has 0 N–H and O–H groups in total. The molecule has 0 fully saturated rings. The highest BCUT2D eigenvalue weighted by Gasteiger charge is 2.28. The van der Waals surface area contributed by atoms with Crippen LogP contribution in [0.2, 0.25) is 0 Å². The smallest absolute Gasteiger partial charge is 0.0985 e. The van der Waals surface area contributed by atoms with Gasteiger partial charge in [0.15, 0.2) is 0 Å². The van der Waals surface area contributed by atoms with Gasteiger partial charge >= 0.3 is 0 Å². The Morgan fingerprint density at radius 2 is 1.50 bits per heavy atom. The number of pyridine rings is 2. The zero-order valence-electron chi connectivity index (χ0n) is 15.6. The lowest BCUT2D eigenvalue weighted by Gasteiger charge is -2.42. The second-order valence-corrected chi connectivity index (χ2v) is 8.69. The number of anilines is 1. The highest BCUT2D eigenvalue weighted by Crippen LogP contribution is 2.36. The van der Waals surface area contributed by atoms with Gasteiger partial charge in [-0.3, -0.25) is 9.97 Å². The Balaban J connectivity index is 2.33. The average molecular weight is 321 g/mol. The lowest BCUT2D eigenvalue weighted by atomic mass is 9.91. The number of hydrogen-bond donors (Lipinski definition) is 0.